The Balaban J connectivity index is 1.35. The van der Waals surface area contributed by atoms with Crippen LogP contribution >= 0.6 is 0 Å². The van der Waals surface area contributed by atoms with Gasteiger partial charge in [-0.05, 0) is 71.6 Å². The fourth-order valence-electron chi connectivity index (χ4n) is 5.70. The number of halogens is 1. The Morgan fingerprint density at radius 3 is 2.37 bits per heavy atom. The van der Waals surface area contributed by atoms with Gasteiger partial charge in [-0.15, -0.1) is 0 Å². The van der Waals surface area contributed by atoms with Crippen molar-refractivity contribution in [3.63, 3.8) is 0 Å². The molecule has 5 rings (SSSR count). The Morgan fingerprint density at radius 2 is 1.71 bits per heavy atom. The summed E-state index contributed by atoms with van der Waals surface area (Å²) < 4.78 is 43.0. The van der Waals surface area contributed by atoms with E-state index in [0.717, 1.165) is 5.56 Å². The van der Waals surface area contributed by atoms with Gasteiger partial charge >= 0.3 is 0 Å². The topological polar surface area (TPSA) is 104 Å². The summed E-state index contributed by atoms with van der Waals surface area (Å²) in [7, 11) is -3.69. The third kappa shape index (κ3) is 4.75. The molecule has 8 nitrogen and oxygen atoms in total. The van der Waals surface area contributed by atoms with Crippen molar-refractivity contribution in [3.05, 3.63) is 64.5 Å². The highest BCUT2D eigenvalue weighted by molar-refractivity contribution is 7.89. The normalized spacial score (nSPS) is 21.5. The predicted molar refractivity (Wildman–Crippen MR) is 138 cm³/mol. The van der Waals surface area contributed by atoms with Crippen molar-refractivity contribution >= 4 is 27.7 Å². The minimum atomic E-state index is -3.69. The molecule has 3 aliphatic rings. The number of piperidine rings is 2. The number of nitrogens with one attached hydrogen (secondary N) is 1. The number of hydrogen-bond acceptors (Lipinski definition) is 5. The molecule has 38 heavy (non-hydrogen) atoms. The second kappa shape index (κ2) is 9.57. The molecule has 1 N–H and O–H groups in total. The molecular weight excluding hydrogens is 509 g/mol. The van der Waals surface area contributed by atoms with Crippen LogP contribution in [0, 0.1) is 5.82 Å². The summed E-state index contributed by atoms with van der Waals surface area (Å²) in [5.74, 6) is -1.96. The van der Waals surface area contributed by atoms with Gasteiger partial charge in [0.1, 0.15) is 11.9 Å². The Hall–Kier alpha value is -3.11. The molecular formula is C28H32FN3O5S. The average molecular weight is 542 g/mol. The molecule has 2 fully saturated rings. The van der Waals surface area contributed by atoms with Crippen molar-refractivity contribution in [2.75, 3.05) is 13.1 Å². The van der Waals surface area contributed by atoms with Gasteiger partial charge in [0.05, 0.1) is 4.90 Å². The molecule has 2 saturated heterocycles. The van der Waals surface area contributed by atoms with Gasteiger partial charge in [0.2, 0.25) is 21.8 Å². The van der Waals surface area contributed by atoms with Gasteiger partial charge in [-0.25, -0.2) is 12.8 Å². The lowest BCUT2D eigenvalue weighted by Gasteiger charge is -2.33. The first-order valence-electron chi connectivity index (χ1n) is 12.9. The maximum absolute atomic E-state index is 14.7. The summed E-state index contributed by atoms with van der Waals surface area (Å²) in [5, 5.41) is 2.28. The molecule has 10 heteroatoms. The molecule has 0 aliphatic carbocycles. The predicted octanol–water partition coefficient (Wildman–Crippen LogP) is 3.45. The SMILES string of the molecule is CC(C)(C)c1cccc(S(=O)(=O)N2CCC(c3cc(F)cc4c3CN(C3CCC(=O)NC3=O)C4=O)CC2)c1. The summed E-state index contributed by atoms with van der Waals surface area (Å²) >= 11 is 0. The lowest BCUT2D eigenvalue weighted by molar-refractivity contribution is -0.136. The van der Waals surface area contributed by atoms with Gasteiger partial charge in [0.15, 0.2) is 0 Å². The maximum atomic E-state index is 14.7. The van der Waals surface area contributed by atoms with Gasteiger partial charge in [0, 0.05) is 31.6 Å². The number of imide groups is 1. The minimum Gasteiger partial charge on any atom is -0.322 e. The van der Waals surface area contributed by atoms with Crippen LogP contribution in [-0.2, 0) is 31.6 Å². The molecule has 3 aliphatic heterocycles. The van der Waals surface area contributed by atoms with Crippen LogP contribution in [0.25, 0.3) is 0 Å². The molecule has 2 aromatic rings. The van der Waals surface area contributed by atoms with E-state index < -0.39 is 33.7 Å². The maximum Gasteiger partial charge on any atom is 0.255 e. The molecule has 0 spiro atoms. The van der Waals surface area contributed by atoms with Gasteiger partial charge in [-0.3, -0.25) is 19.7 Å². The monoisotopic (exact) mass is 541 g/mol. The standard InChI is InChI=1S/C28H32FN3O5S/c1-28(2,3)18-5-4-6-20(13-18)38(36,37)31-11-9-17(10-12-31)21-14-19(29)15-22-23(21)16-32(27(22)35)24-7-8-25(33)30-26(24)34/h4-6,13-15,17,24H,7-12,16H2,1-3H3,(H,30,33,34). The Labute approximate surface area is 222 Å². The van der Waals surface area contributed by atoms with Crippen LogP contribution in [0.5, 0.6) is 0 Å². The van der Waals surface area contributed by atoms with Gasteiger partial charge in [-0.2, -0.15) is 4.31 Å². The van der Waals surface area contributed by atoms with Crippen molar-refractivity contribution in [2.45, 2.75) is 75.3 Å². The summed E-state index contributed by atoms with van der Waals surface area (Å²) in [6.45, 7) is 6.83. The zero-order chi connectivity index (χ0) is 27.4. The number of fused-ring (bicyclic) bond motifs is 1. The lowest BCUT2D eigenvalue weighted by atomic mass is 9.86. The van der Waals surface area contributed by atoms with Crippen LogP contribution in [0.1, 0.15) is 79.4 Å². The van der Waals surface area contributed by atoms with Crippen LogP contribution in [0.3, 0.4) is 0 Å². The number of benzene rings is 2. The van der Waals surface area contributed by atoms with E-state index in [9.17, 15) is 27.2 Å². The van der Waals surface area contributed by atoms with Gasteiger partial charge < -0.3 is 4.90 Å². The van der Waals surface area contributed by atoms with Crippen LogP contribution in [0.4, 0.5) is 4.39 Å². The highest BCUT2D eigenvalue weighted by atomic mass is 32.2. The molecule has 0 bridgehead atoms. The fraction of sp³-hybridized carbons (Fsp3) is 0.464. The van der Waals surface area contributed by atoms with Crippen molar-refractivity contribution in [2.24, 2.45) is 0 Å². The highest BCUT2D eigenvalue weighted by Gasteiger charge is 2.41. The molecule has 0 saturated carbocycles. The quantitative estimate of drug-likeness (QED) is 0.598. The number of nitrogens with zero attached hydrogens (tertiary/aromatic N) is 2. The number of hydrogen-bond donors (Lipinski definition) is 1. The van der Waals surface area contributed by atoms with Crippen LogP contribution < -0.4 is 5.32 Å². The van der Waals surface area contributed by atoms with E-state index in [2.05, 4.69) is 5.32 Å². The largest absolute Gasteiger partial charge is 0.322 e. The molecule has 3 heterocycles. The van der Waals surface area contributed by atoms with Crippen LogP contribution in [0.2, 0.25) is 0 Å². The van der Waals surface area contributed by atoms with Crippen molar-refractivity contribution in [1.29, 1.82) is 0 Å². The van der Waals surface area contributed by atoms with E-state index in [4.69, 9.17) is 0 Å². The van der Waals surface area contributed by atoms with Gasteiger partial charge in [-0.1, -0.05) is 32.9 Å². The second-order valence-electron chi connectivity index (χ2n) is 11.4. The minimum absolute atomic E-state index is 0.124. The number of rotatable bonds is 4. The average Bonchev–Trinajstić information content (AvgIpc) is 3.19. The zero-order valence-electron chi connectivity index (χ0n) is 21.8. The second-order valence-corrected chi connectivity index (χ2v) is 13.3. The van der Waals surface area contributed by atoms with E-state index in [0.29, 0.717) is 24.0 Å². The Morgan fingerprint density at radius 1 is 1.00 bits per heavy atom. The lowest BCUT2D eigenvalue weighted by Crippen LogP contribution is -2.52. The third-order valence-electron chi connectivity index (χ3n) is 7.89. The first-order valence-corrected chi connectivity index (χ1v) is 14.4. The van der Waals surface area contributed by atoms with E-state index in [1.165, 1.54) is 21.3 Å². The molecule has 3 amide bonds. The number of carbonyl (C=O) groups excluding carboxylic acids is 3. The molecule has 1 atom stereocenters. The van der Waals surface area contributed by atoms with Crippen molar-refractivity contribution in [1.82, 2.24) is 14.5 Å². The first-order chi connectivity index (χ1) is 17.9. The molecule has 0 radical (unpaired) electrons. The number of carbonyl (C=O) groups is 3. The Kier molecular flexibility index (Phi) is 6.67. The van der Waals surface area contributed by atoms with Crippen molar-refractivity contribution < 1.29 is 27.2 Å². The van der Waals surface area contributed by atoms with E-state index in [1.54, 1.807) is 18.2 Å². The van der Waals surface area contributed by atoms with Crippen molar-refractivity contribution in [3.8, 4) is 0 Å². The molecule has 1 unspecified atom stereocenters. The van der Waals surface area contributed by atoms with Crippen LogP contribution in [-0.4, -0.2) is 54.5 Å². The molecule has 2 aromatic carbocycles. The Bertz CT molecular complexity index is 1420. The molecule has 202 valence electrons. The fourth-order valence-corrected chi connectivity index (χ4v) is 7.21. The summed E-state index contributed by atoms with van der Waals surface area (Å²) in [4.78, 5) is 38.8. The summed E-state index contributed by atoms with van der Waals surface area (Å²) in [5.41, 5.74) is 2.36. The zero-order valence-corrected chi connectivity index (χ0v) is 22.6. The van der Waals surface area contributed by atoms with Crippen LogP contribution in [0.15, 0.2) is 41.3 Å². The number of sulfonamides is 1. The van der Waals surface area contributed by atoms with E-state index in [1.807, 2.05) is 26.8 Å². The highest BCUT2D eigenvalue weighted by Crippen LogP contribution is 2.39. The summed E-state index contributed by atoms with van der Waals surface area (Å²) in [6.07, 6.45) is 1.35. The first kappa shape index (κ1) is 26.5. The smallest absolute Gasteiger partial charge is 0.255 e. The van der Waals surface area contributed by atoms with Gasteiger partial charge in [0.25, 0.3) is 5.91 Å². The summed E-state index contributed by atoms with van der Waals surface area (Å²) in [6, 6.07) is 8.90. The van der Waals surface area contributed by atoms with E-state index >= 15 is 0 Å². The van der Waals surface area contributed by atoms with E-state index in [-0.39, 0.29) is 60.2 Å². The third-order valence-corrected chi connectivity index (χ3v) is 9.78. The molecule has 0 aromatic heterocycles. The number of amides is 3.